The highest BCUT2D eigenvalue weighted by Gasteiger charge is 2.18. The van der Waals surface area contributed by atoms with Crippen molar-refractivity contribution in [1.29, 1.82) is 0 Å². The molecule has 0 saturated heterocycles. The van der Waals surface area contributed by atoms with Crippen LogP contribution in [-0.4, -0.2) is 18.0 Å². The molecule has 1 rings (SSSR count). The van der Waals surface area contributed by atoms with Gasteiger partial charge in [0.25, 0.3) is 5.91 Å². The Balaban J connectivity index is 2.78. The summed E-state index contributed by atoms with van der Waals surface area (Å²) >= 11 is 0. The van der Waals surface area contributed by atoms with Crippen LogP contribution in [0.5, 0.6) is 0 Å². The third-order valence-electron chi connectivity index (χ3n) is 2.99. The molecule has 1 aromatic rings. The number of aryl methyl sites for hydroxylation is 3. The van der Waals surface area contributed by atoms with E-state index < -0.39 is 12.1 Å². The van der Waals surface area contributed by atoms with Gasteiger partial charge in [-0.2, -0.15) is 0 Å². The van der Waals surface area contributed by atoms with Crippen molar-refractivity contribution in [2.24, 2.45) is 0 Å². The molecular formula is C17H23NO3. The van der Waals surface area contributed by atoms with Crippen LogP contribution in [0.3, 0.4) is 0 Å². The average molecular weight is 289 g/mol. The number of ether oxygens (including phenoxy) is 1. The number of hydrogen-bond donors (Lipinski definition) is 1. The molecule has 0 bridgehead atoms. The van der Waals surface area contributed by atoms with Crippen molar-refractivity contribution >= 4 is 17.6 Å². The van der Waals surface area contributed by atoms with Gasteiger partial charge in [-0.1, -0.05) is 23.3 Å². The number of amides is 1. The van der Waals surface area contributed by atoms with Gasteiger partial charge in [-0.05, 0) is 52.7 Å². The van der Waals surface area contributed by atoms with Gasteiger partial charge >= 0.3 is 5.97 Å². The number of hydrogen-bond acceptors (Lipinski definition) is 3. The Hall–Kier alpha value is -2.10. The summed E-state index contributed by atoms with van der Waals surface area (Å²) < 4.78 is 5.07. The maximum absolute atomic E-state index is 12.1. The van der Waals surface area contributed by atoms with Gasteiger partial charge in [-0.15, -0.1) is 0 Å². The van der Waals surface area contributed by atoms with E-state index in [4.69, 9.17) is 4.74 Å². The summed E-state index contributed by atoms with van der Waals surface area (Å²) in [4.78, 5) is 23.6. The Labute approximate surface area is 126 Å². The largest absolute Gasteiger partial charge is 0.449 e. The first-order chi connectivity index (χ1) is 9.70. The Morgan fingerprint density at radius 1 is 1.14 bits per heavy atom. The SMILES string of the molecule is CC(C)=CC(=O)OC(C)C(=O)Nc1c(C)cc(C)cc1C. The third kappa shape index (κ3) is 5.06. The minimum atomic E-state index is -0.840. The monoisotopic (exact) mass is 289 g/mol. The van der Waals surface area contributed by atoms with E-state index in [-0.39, 0.29) is 5.91 Å². The zero-order valence-corrected chi connectivity index (χ0v) is 13.5. The quantitative estimate of drug-likeness (QED) is 0.682. The number of anilines is 1. The number of rotatable bonds is 4. The van der Waals surface area contributed by atoms with E-state index in [0.717, 1.165) is 28.0 Å². The number of benzene rings is 1. The summed E-state index contributed by atoms with van der Waals surface area (Å²) in [5, 5.41) is 2.83. The highest BCUT2D eigenvalue weighted by atomic mass is 16.5. The van der Waals surface area contributed by atoms with E-state index in [1.807, 2.05) is 32.9 Å². The second-order valence-electron chi connectivity index (χ2n) is 5.56. The number of esters is 1. The van der Waals surface area contributed by atoms with Crippen LogP contribution in [0, 0.1) is 20.8 Å². The smallest absolute Gasteiger partial charge is 0.331 e. The first-order valence-corrected chi connectivity index (χ1v) is 6.95. The molecule has 0 heterocycles. The molecule has 0 spiro atoms. The molecule has 1 aromatic carbocycles. The zero-order valence-electron chi connectivity index (χ0n) is 13.5. The van der Waals surface area contributed by atoms with Gasteiger partial charge in [0.1, 0.15) is 0 Å². The lowest BCUT2D eigenvalue weighted by atomic mass is 10.0. The maximum atomic E-state index is 12.1. The molecule has 0 fully saturated rings. The first kappa shape index (κ1) is 17.0. The fraction of sp³-hybridized carbons (Fsp3) is 0.412. The maximum Gasteiger partial charge on any atom is 0.331 e. The van der Waals surface area contributed by atoms with Gasteiger partial charge in [0.2, 0.25) is 0 Å². The van der Waals surface area contributed by atoms with Crippen molar-refractivity contribution in [3.05, 3.63) is 40.5 Å². The van der Waals surface area contributed by atoms with Crippen molar-refractivity contribution in [1.82, 2.24) is 0 Å². The molecule has 0 aliphatic carbocycles. The van der Waals surface area contributed by atoms with Gasteiger partial charge in [0.15, 0.2) is 6.10 Å². The van der Waals surface area contributed by atoms with Crippen LogP contribution in [0.2, 0.25) is 0 Å². The van der Waals surface area contributed by atoms with Gasteiger partial charge in [-0.3, -0.25) is 4.79 Å². The van der Waals surface area contributed by atoms with Crippen LogP contribution in [0.25, 0.3) is 0 Å². The van der Waals surface area contributed by atoms with Gasteiger partial charge in [-0.25, -0.2) is 4.79 Å². The second-order valence-corrected chi connectivity index (χ2v) is 5.56. The van der Waals surface area contributed by atoms with E-state index in [1.165, 1.54) is 6.08 Å². The Bertz CT molecular complexity index is 561. The Kier molecular flexibility index (Phi) is 5.70. The van der Waals surface area contributed by atoms with Crippen LogP contribution in [0.1, 0.15) is 37.5 Å². The summed E-state index contributed by atoms with van der Waals surface area (Å²) in [7, 11) is 0. The summed E-state index contributed by atoms with van der Waals surface area (Å²) in [5.41, 5.74) is 4.73. The first-order valence-electron chi connectivity index (χ1n) is 6.95. The minimum Gasteiger partial charge on any atom is -0.449 e. The number of carbonyl (C=O) groups is 2. The summed E-state index contributed by atoms with van der Waals surface area (Å²) in [5.74, 6) is -0.837. The highest BCUT2D eigenvalue weighted by molar-refractivity contribution is 5.97. The summed E-state index contributed by atoms with van der Waals surface area (Å²) in [6.45, 7) is 11.0. The zero-order chi connectivity index (χ0) is 16.2. The minimum absolute atomic E-state index is 0.333. The molecule has 1 N–H and O–H groups in total. The molecule has 0 aliphatic rings. The Morgan fingerprint density at radius 3 is 2.14 bits per heavy atom. The van der Waals surface area contributed by atoms with Crippen molar-refractivity contribution in [3.8, 4) is 0 Å². The fourth-order valence-electron chi connectivity index (χ4n) is 2.10. The predicted octanol–water partition coefficient (Wildman–Crippen LogP) is 3.45. The fourth-order valence-corrected chi connectivity index (χ4v) is 2.10. The molecule has 4 heteroatoms. The number of allylic oxidation sites excluding steroid dienone is 1. The molecule has 0 aliphatic heterocycles. The summed E-state index contributed by atoms with van der Waals surface area (Å²) in [6.07, 6.45) is 0.528. The van der Waals surface area contributed by atoms with Crippen molar-refractivity contribution in [2.75, 3.05) is 5.32 Å². The topological polar surface area (TPSA) is 55.4 Å². The van der Waals surface area contributed by atoms with E-state index >= 15 is 0 Å². The van der Waals surface area contributed by atoms with Crippen LogP contribution in [-0.2, 0) is 14.3 Å². The third-order valence-corrected chi connectivity index (χ3v) is 2.99. The predicted molar refractivity (Wildman–Crippen MR) is 84.3 cm³/mol. The van der Waals surface area contributed by atoms with E-state index in [2.05, 4.69) is 5.32 Å². The Morgan fingerprint density at radius 2 is 1.67 bits per heavy atom. The van der Waals surface area contributed by atoms with Crippen LogP contribution in [0.4, 0.5) is 5.69 Å². The molecule has 114 valence electrons. The highest BCUT2D eigenvalue weighted by Crippen LogP contribution is 2.22. The van der Waals surface area contributed by atoms with Gasteiger partial charge in [0, 0.05) is 11.8 Å². The normalized spacial score (nSPS) is 11.5. The van der Waals surface area contributed by atoms with E-state index in [1.54, 1.807) is 20.8 Å². The second kappa shape index (κ2) is 7.07. The molecule has 4 nitrogen and oxygen atoms in total. The lowest BCUT2D eigenvalue weighted by Gasteiger charge is -2.16. The number of nitrogens with one attached hydrogen (secondary N) is 1. The molecule has 1 unspecified atom stereocenters. The molecule has 0 saturated carbocycles. The molecule has 0 aromatic heterocycles. The van der Waals surface area contributed by atoms with E-state index in [0.29, 0.717) is 0 Å². The average Bonchev–Trinajstić information content (AvgIpc) is 2.31. The molecule has 21 heavy (non-hydrogen) atoms. The molecule has 1 amide bonds. The van der Waals surface area contributed by atoms with Crippen LogP contribution in [0.15, 0.2) is 23.8 Å². The lowest BCUT2D eigenvalue weighted by molar-refractivity contribution is -0.148. The van der Waals surface area contributed by atoms with E-state index in [9.17, 15) is 9.59 Å². The van der Waals surface area contributed by atoms with Crippen LogP contribution < -0.4 is 5.32 Å². The lowest BCUT2D eigenvalue weighted by Crippen LogP contribution is -2.30. The molecular weight excluding hydrogens is 266 g/mol. The van der Waals surface area contributed by atoms with Gasteiger partial charge < -0.3 is 10.1 Å². The van der Waals surface area contributed by atoms with Crippen LogP contribution >= 0.6 is 0 Å². The molecule has 1 atom stereocenters. The van der Waals surface area contributed by atoms with Crippen molar-refractivity contribution in [3.63, 3.8) is 0 Å². The standard InChI is InChI=1S/C17H23NO3/c1-10(2)7-15(19)21-14(6)17(20)18-16-12(4)8-11(3)9-13(16)5/h7-9,14H,1-6H3,(H,18,20). The summed E-state index contributed by atoms with van der Waals surface area (Å²) in [6, 6.07) is 4.00. The molecule has 0 radical (unpaired) electrons. The van der Waals surface area contributed by atoms with Crippen molar-refractivity contribution in [2.45, 2.75) is 47.6 Å². The number of carbonyl (C=O) groups excluding carboxylic acids is 2. The van der Waals surface area contributed by atoms with Gasteiger partial charge in [0.05, 0.1) is 0 Å². The van der Waals surface area contributed by atoms with Crippen molar-refractivity contribution < 1.29 is 14.3 Å².